The minimum absolute atomic E-state index is 0.274. The number of rotatable bonds is 6. The first-order valence-electron chi connectivity index (χ1n) is 11.7. The minimum Gasteiger partial charge on any atom is -0.741 e. The Balaban J connectivity index is 0.000000580. The van der Waals surface area contributed by atoms with Crippen molar-refractivity contribution in [1.29, 1.82) is 0 Å². The first-order valence-corrected chi connectivity index (χ1v) is 14.3. The van der Waals surface area contributed by atoms with E-state index in [0.717, 1.165) is 50.6 Å². The van der Waals surface area contributed by atoms with E-state index in [1.165, 1.54) is 14.7 Å². The molecule has 0 aromatic heterocycles. The van der Waals surface area contributed by atoms with Crippen molar-refractivity contribution >= 4 is 21.0 Å². The standard InChI is InChI=1S/C27H33O3S.CHF3O3S/c1-16-10-22(11-17(2)25(16)28-7)31(23-12-18(3)26(29-8)19(4)13-23)24-14-20(5)27(30-9)21(6)15-24;2-1(3,4)8(5,6)7/h10-15H,1-9H3;(H,5,6,7)/q+1;/p-1. The summed E-state index contributed by atoms with van der Waals surface area (Å²) in [6.45, 7) is 12.7. The second-order valence-electron chi connectivity index (χ2n) is 8.98. The van der Waals surface area contributed by atoms with Gasteiger partial charge in [-0.15, -0.1) is 0 Å². The van der Waals surface area contributed by atoms with E-state index in [0.29, 0.717) is 0 Å². The summed E-state index contributed by atoms with van der Waals surface area (Å²) in [5.74, 6) is 2.87. The first-order chi connectivity index (χ1) is 18.0. The third kappa shape index (κ3) is 7.40. The summed E-state index contributed by atoms with van der Waals surface area (Å²) < 4.78 is 75.8. The maximum Gasteiger partial charge on any atom is 0.485 e. The highest BCUT2D eigenvalue weighted by molar-refractivity contribution is 7.97. The smallest absolute Gasteiger partial charge is 0.485 e. The molecule has 0 bridgehead atoms. The number of aryl methyl sites for hydroxylation is 6. The zero-order valence-electron chi connectivity index (χ0n) is 23.4. The summed E-state index contributed by atoms with van der Waals surface area (Å²) in [6, 6.07) is 13.6. The molecule has 0 spiro atoms. The van der Waals surface area contributed by atoms with Crippen molar-refractivity contribution in [3.05, 3.63) is 69.8 Å². The zero-order chi connectivity index (χ0) is 29.9. The maximum absolute atomic E-state index is 10.7. The Morgan fingerprint density at radius 1 is 0.590 bits per heavy atom. The van der Waals surface area contributed by atoms with Gasteiger partial charge in [0.1, 0.15) is 17.2 Å². The number of ether oxygens (including phenoxy) is 3. The fourth-order valence-electron chi connectivity index (χ4n) is 4.46. The summed E-state index contributed by atoms with van der Waals surface area (Å²) in [7, 11) is -1.15. The van der Waals surface area contributed by atoms with Crippen LogP contribution in [0.2, 0.25) is 0 Å². The number of halogens is 3. The molecule has 214 valence electrons. The van der Waals surface area contributed by atoms with Gasteiger partial charge in [-0.25, -0.2) is 8.42 Å². The van der Waals surface area contributed by atoms with E-state index in [9.17, 15) is 13.2 Å². The van der Waals surface area contributed by atoms with Gasteiger partial charge in [0.2, 0.25) is 0 Å². The van der Waals surface area contributed by atoms with Crippen LogP contribution in [0.4, 0.5) is 13.2 Å². The second-order valence-corrected chi connectivity index (χ2v) is 12.4. The van der Waals surface area contributed by atoms with E-state index in [1.54, 1.807) is 21.3 Å². The van der Waals surface area contributed by atoms with Crippen LogP contribution >= 0.6 is 0 Å². The lowest BCUT2D eigenvalue weighted by molar-refractivity contribution is -0.0517. The molecule has 0 heterocycles. The number of hydrogen-bond donors (Lipinski definition) is 0. The van der Waals surface area contributed by atoms with Crippen molar-refractivity contribution in [3.8, 4) is 17.2 Å². The molecule has 0 aliphatic rings. The van der Waals surface area contributed by atoms with Crippen LogP contribution in [0.5, 0.6) is 17.2 Å². The molecule has 0 aliphatic carbocycles. The Kier molecular flexibility index (Phi) is 10.4. The van der Waals surface area contributed by atoms with Gasteiger partial charge in [-0.3, -0.25) is 0 Å². The molecular weight excluding hydrogens is 553 g/mol. The lowest BCUT2D eigenvalue weighted by Gasteiger charge is -2.16. The molecule has 0 aliphatic heterocycles. The zero-order valence-corrected chi connectivity index (χ0v) is 25.0. The largest absolute Gasteiger partial charge is 0.741 e. The Morgan fingerprint density at radius 3 is 0.897 bits per heavy atom. The van der Waals surface area contributed by atoms with Gasteiger partial charge in [0.05, 0.1) is 32.2 Å². The summed E-state index contributed by atoms with van der Waals surface area (Å²) in [5, 5.41) is 0. The van der Waals surface area contributed by atoms with Crippen LogP contribution in [-0.2, 0) is 21.0 Å². The van der Waals surface area contributed by atoms with Crippen LogP contribution < -0.4 is 14.2 Å². The fourth-order valence-corrected chi connectivity index (χ4v) is 7.04. The Labute approximate surface area is 231 Å². The average molecular weight is 587 g/mol. The molecule has 0 saturated heterocycles. The van der Waals surface area contributed by atoms with E-state index in [1.807, 2.05) is 0 Å². The van der Waals surface area contributed by atoms with Crippen molar-refractivity contribution in [3.63, 3.8) is 0 Å². The normalized spacial score (nSPS) is 11.6. The van der Waals surface area contributed by atoms with E-state index >= 15 is 0 Å². The number of alkyl halides is 3. The average Bonchev–Trinajstić information content (AvgIpc) is 2.78. The Morgan fingerprint density at radius 2 is 0.769 bits per heavy atom. The van der Waals surface area contributed by atoms with Crippen molar-refractivity contribution < 1.29 is 40.4 Å². The van der Waals surface area contributed by atoms with Crippen molar-refractivity contribution in [2.24, 2.45) is 0 Å². The Bertz CT molecular complexity index is 1240. The third-order valence-electron chi connectivity index (χ3n) is 5.90. The van der Waals surface area contributed by atoms with E-state index in [4.69, 9.17) is 27.2 Å². The fraction of sp³-hybridized carbons (Fsp3) is 0.357. The van der Waals surface area contributed by atoms with Gasteiger partial charge in [0.25, 0.3) is 0 Å². The predicted octanol–water partition coefficient (Wildman–Crippen LogP) is 6.71. The molecular formula is C28H33F3O6S2. The van der Waals surface area contributed by atoms with E-state index < -0.39 is 15.6 Å². The molecule has 11 heteroatoms. The molecule has 0 fully saturated rings. The lowest BCUT2D eigenvalue weighted by Crippen LogP contribution is -2.21. The van der Waals surface area contributed by atoms with Gasteiger partial charge >= 0.3 is 5.51 Å². The van der Waals surface area contributed by atoms with Gasteiger partial charge in [-0.1, -0.05) is 0 Å². The van der Waals surface area contributed by atoms with Crippen molar-refractivity contribution in [2.45, 2.75) is 61.7 Å². The lowest BCUT2D eigenvalue weighted by atomic mass is 10.1. The predicted molar refractivity (Wildman–Crippen MR) is 145 cm³/mol. The molecule has 0 saturated carbocycles. The minimum atomic E-state index is -6.09. The molecule has 0 unspecified atom stereocenters. The molecule has 6 nitrogen and oxygen atoms in total. The molecule has 0 amide bonds. The Hall–Kier alpha value is -2.89. The van der Waals surface area contributed by atoms with Crippen LogP contribution in [-0.4, -0.2) is 39.8 Å². The molecule has 39 heavy (non-hydrogen) atoms. The van der Waals surface area contributed by atoms with Gasteiger partial charge in [0.15, 0.2) is 24.8 Å². The summed E-state index contributed by atoms with van der Waals surface area (Å²) in [6.07, 6.45) is 0. The molecule has 0 atom stereocenters. The highest BCUT2D eigenvalue weighted by atomic mass is 32.2. The molecule has 3 aromatic carbocycles. The highest BCUT2D eigenvalue weighted by Gasteiger charge is 2.37. The topological polar surface area (TPSA) is 84.9 Å². The monoisotopic (exact) mass is 586 g/mol. The number of methoxy groups -OCH3 is 3. The summed E-state index contributed by atoms with van der Waals surface area (Å²) in [5.41, 5.74) is 1.26. The molecule has 3 rings (SSSR count). The van der Waals surface area contributed by atoms with E-state index in [-0.39, 0.29) is 10.9 Å². The van der Waals surface area contributed by atoms with Crippen molar-refractivity contribution in [1.82, 2.24) is 0 Å². The van der Waals surface area contributed by atoms with Crippen LogP contribution in [0, 0.1) is 41.5 Å². The van der Waals surface area contributed by atoms with Gasteiger partial charge in [0, 0.05) is 36.4 Å². The van der Waals surface area contributed by atoms with Gasteiger partial charge in [-0.05, 0) is 74.9 Å². The number of hydrogen-bond acceptors (Lipinski definition) is 6. The third-order valence-corrected chi connectivity index (χ3v) is 8.59. The quantitative estimate of drug-likeness (QED) is 0.181. The van der Waals surface area contributed by atoms with Crippen LogP contribution in [0.15, 0.2) is 51.1 Å². The summed E-state index contributed by atoms with van der Waals surface area (Å²) in [4.78, 5) is 3.84. The molecule has 0 N–H and O–H groups in total. The second kappa shape index (κ2) is 12.5. The summed E-state index contributed by atoms with van der Waals surface area (Å²) >= 11 is 0. The van der Waals surface area contributed by atoms with Crippen LogP contribution in [0.25, 0.3) is 0 Å². The highest BCUT2D eigenvalue weighted by Crippen LogP contribution is 2.40. The van der Waals surface area contributed by atoms with Crippen LogP contribution in [0.1, 0.15) is 33.4 Å². The maximum atomic E-state index is 10.7. The van der Waals surface area contributed by atoms with Gasteiger partial charge < -0.3 is 18.8 Å². The number of benzene rings is 3. The van der Waals surface area contributed by atoms with Crippen molar-refractivity contribution in [2.75, 3.05) is 21.3 Å². The molecule has 0 radical (unpaired) electrons. The molecule has 3 aromatic rings. The van der Waals surface area contributed by atoms with Crippen LogP contribution in [0.3, 0.4) is 0 Å². The van der Waals surface area contributed by atoms with E-state index in [2.05, 4.69) is 77.9 Å². The first kappa shape index (κ1) is 32.3. The SMILES string of the molecule is COc1c(C)cc([S+](c2cc(C)c(OC)c(C)c2)c2cc(C)c(OC)c(C)c2)cc1C.O=S(=O)([O-])C(F)(F)F. The van der Waals surface area contributed by atoms with Gasteiger partial charge in [-0.2, -0.15) is 13.2 Å².